The van der Waals surface area contributed by atoms with E-state index in [4.69, 9.17) is 5.73 Å². The summed E-state index contributed by atoms with van der Waals surface area (Å²) in [4.78, 5) is 12.4. The molecule has 1 aromatic rings. The number of nitrogens with one attached hydrogen (secondary N) is 1. The van der Waals surface area contributed by atoms with Crippen LogP contribution in [-0.4, -0.2) is 28.2 Å². The Morgan fingerprint density at radius 1 is 1.50 bits per heavy atom. The van der Waals surface area contributed by atoms with E-state index in [1.165, 1.54) is 0 Å². The number of amides is 1. The molecule has 112 valence electrons. The first-order chi connectivity index (χ1) is 9.52. The van der Waals surface area contributed by atoms with E-state index in [2.05, 4.69) is 5.32 Å². The first kappa shape index (κ1) is 14.9. The zero-order chi connectivity index (χ0) is 14.7. The normalized spacial score (nSPS) is 23.0. The summed E-state index contributed by atoms with van der Waals surface area (Å²) < 4.78 is 1.89. The third-order valence-corrected chi connectivity index (χ3v) is 4.12. The van der Waals surface area contributed by atoms with Crippen molar-refractivity contribution in [2.75, 3.05) is 12.3 Å². The van der Waals surface area contributed by atoms with Crippen LogP contribution in [0.25, 0.3) is 0 Å². The number of hydrogen-bond donors (Lipinski definition) is 3. The molecular formula is C15H25N3O2. The fraction of sp³-hybridized carbons (Fsp3) is 0.667. The van der Waals surface area contributed by atoms with Crippen LogP contribution < -0.4 is 11.1 Å². The van der Waals surface area contributed by atoms with Crippen molar-refractivity contribution in [1.29, 1.82) is 0 Å². The van der Waals surface area contributed by atoms with Gasteiger partial charge in [-0.25, -0.2) is 0 Å². The molecule has 1 aliphatic carbocycles. The number of rotatable bonds is 4. The predicted molar refractivity (Wildman–Crippen MR) is 79.5 cm³/mol. The van der Waals surface area contributed by atoms with Gasteiger partial charge < -0.3 is 20.7 Å². The summed E-state index contributed by atoms with van der Waals surface area (Å²) >= 11 is 0. The molecule has 5 heteroatoms. The van der Waals surface area contributed by atoms with Gasteiger partial charge in [-0.2, -0.15) is 0 Å². The largest absolute Gasteiger partial charge is 0.397 e. The maximum Gasteiger partial charge on any atom is 0.268 e. The van der Waals surface area contributed by atoms with Gasteiger partial charge >= 0.3 is 0 Å². The smallest absolute Gasteiger partial charge is 0.268 e. The van der Waals surface area contributed by atoms with E-state index in [0.29, 0.717) is 11.4 Å². The van der Waals surface area contributed by atoms with Crippen LogP contribution in [0.1, 0.15) is 56.1 Å². The Bertz CT molecular complexity index is 468. The molecule has 2 unspecified atom stereocenters. The van der Waals surface area contributed by atoms with Crippen LogP contribution in [0.4, 0.5) is 5.69 Å². The van der Waals surface area contributed by atoms with Crippen molar-refractivity contribution < 1.29 is 9.90 Å². The topological polar surface area (TPSA) is 80.3 Å². The highest BCUT2D eigenvalue weighted by Crippen LogP contribution is 2.25. The molecule has 1 aliphatic rings. The molecule has 2 rings (SSSR count). The number of nitrogens with two attached hydrogens (primary N) is 1. The van der Waals surface area contributed by atoms with Crippen LogP contribution >= 0.6 is 0 Å². The highest BCUT2D eigenvalue weighted by Gasteiger charge is 2.27. The standard InChI is InChI=1S/C15H25N3O2/c1-10(2)18-8-12(16)7-14(18)15(20)17-13-6-4-3-5-11(13)9-19/h7-8,10-11,13,19H,3-6,9,16H2,1-2H3,(H,17,20). The number of anilines is 1. The second-order valence-corrected chi connectivity index (χ2v) is 5.97. The minimum atomic E-state index is -0.0965. The number of aliphatic hydroxyl groups is 1. The van der Waals surface area contributed by atoms with Gasteiger partial charge in [0.2, 0.25) is 0 Å². The second-order valence-electron chi connectivity index (χ2n) is 5.97. The van der Waals surface area contributed by atoms with Crippen LogP contribution in [-0.2, 0) is 0 Å². The molecule has 0 radical (unpaired) electrons. The van der Waals surface area contributed by atoms with E-state index >= 15 is 0 Å². The molecule has 4 N–H and O–H groups in total. The van der Waals surface area contributed by atoms with Crippen molar-refractivity contribution in [3.05, 3.63) is 18.0 Å². The molecule has 0 aromatic carbocycles. The summed E-state index contributed by atoms with van der Waals surface area (Å²) in [5, 5.41) is 12.5. The van der Waals surface area contributed by atoms with E-state index in [-0.39, 0.29) is 30.5 Å². The lowest BCUT2D eigenvalue weighted by Crippen LogP contribution is -2.44. The van der Waals surface area contributed by atoms with Crippen LogP contribution in [0.15, 0.2) is 12.3 Å². The zero-order valence-electron chi connectivity index (χ0n) is 12.3. The zero-order valence-corrected chi connectivity index (χ0v) is 12.3. The Morgan fingerprint density at radius 3 is 2.85 bits per heavy atom. The molecule has 0 saturated heterocycles. The first-order valence-electron chi connectivity index (χ1n) is 7.42. The van der Waals surface area contributed by atoms with Crippen LogP contribution in [0.5, 0.6) is 0 Å². The van der Waals surface area contributed by atoms with Gasteiger partial charge in [0.15, 0.2) is 0 Å². The number of aliphatic hydroxyl groups excluding tert-OH is 1. The quantitative estimate of drug-likeness (QED) is 0.788. The van der Waals surface area contributed by atoms with Gasteiger partial charge in [-0.15, -0.1) is 0 Å². The maximum atomic E-state index is 12.4. The minimum absolute atomic E-state index is 0.0676. The monoisotopic (exact) mass is 279 g/mol. The van der Waals surface area contributed by atoms with Crippen LogP contribution in [0.3, 0.4) is 0 Å². The maximum absolute atomic E-state index is 12.4. The summed E-state index contributed by atoms with van der Waals surface area (Å²) in [6, 6.07) is 1.97. The van der Waals surface area contributed by atoms with E-state index < -0.39 is 0 Å². The van der Waals surface area contributed by atoms with Crippen molar-refractivity contribution in [2.24, 2.45) is 5.92 Å². The minimum Gasteiger partial charge on any atom is -0.397 e. The molecule has 1 fully saturated rings. The number of hydrogen-bond acceptors (Lipinski definition) is 3. The van der Waals surface area contributed by atoms with Gasteiger partial charge in [-0.3, -0.25) is 4.79 Å². The lowest BCUT2D eigenvalue weighted by molar-refractivity contribution is 0.0862. The van der Waals surface area contributed by atoms with Crippen molar-refractivity contribution in [1.82, 2.24) is 9.88 Å². The predicted octanol–water partition coefficient (Wildman–Crippen LogP) is 1.93. The fourth-order valence-electron chi connectivity index (χ4n) is 2.97. The van der Waals surface area contributed by atoms with Crippen molar-refractivity contribution >= 4 is 11.6 Å². The first-order valence-corrected chi connectivity index (χ1v) is 7.42. The molecular weight excluding hydrogens is 254 g/mol. The Labute approximate surface area is 120 Å². The van der Waals surface area contributed by atoms with Gasteiger partial charge in [-0.05, 0) is 32.8 Å². The second kappa shape index (κ2) is 6.31. The van der Waals surface area contributed by atoms with Crippen LogP contribution in [0.2, 0.25) is 0 Å². The number of nitrogens with zero attached hydrogens (tertiary/aromatic N) is 1. The van der Waals surface area contributed by atoms with Crippen molar-refractivity contribution in [3.8, 4) is 0 Å². The van der Waals surface area contributed by atoms with E-state index in [0.717, 1.165) is 25.7 Å². The Balaban J connectivity index is 2.11. The molecule has 0 spiro atoms. The van der Waals surface area contributed by atoms with Gasteiger partial charge in [0.1, 0.15) is 5.69 Å². The number of aromatic nitrogens is 1. The number of nitrogen functional groups attached to an aromatic ring is 1. The van der Waals surface area contributed by atoms with Gasteiger partial charge in [0.05, 0.1) is 5.69 Å². The molecule has 0 bridgehead atoms. The number of carbonyl (C=O) groups is 1. The lowest BCUT2D eigenvalue weighted by Gasteiger charge is -2.31. The Kier molecular flexibility index (Phi) is 4.70. The Morgan fingerprint density at radius 2 is 2.20 bits per heavy atom. The van der Waals surface area contributed by atoms with Gasteiger partial charge in [0, 0.05) is 30.8 Å². The van der Waals surface area contributed by atoms with E-state index in [1.807, 2.05) is 18.4 Å². The average Bonchev–Trinajstić information content (AvgIpc) is 2.82. The molecule has 1 heterocycles. The fourth-order valence-corrected chi connectivity index (χ4v) is 2.97. The Hall–Kier alpha value is -1.49. The highest BCUT2D eigenvalue weighted by atomic mass is 16.3. The third kappa shape index (κ3) is 3.15. The summed E-state index contributed by atoms with van der Waals surface area (Å²) in [5.74, 6) is 0.0771. The lowest BCUT2D eigenvalue weighted by atomic mass is 9.85. The van der Waals surface area contributed by atoms with E-state index in [1.54, 1.807) is 12.3 Å². The molecule has 0 aliphatic heterocycles. The summed E-state index contributed by atoms with van der Waals surface area (Å²) in [7, 11) is 0. The van der Waals surface area contributed by atoms with E-state index in [9.17, 15) is 9.90 Å². The summed E-state index contributed by atoms with van der Waals surface area (Å²) in [6.07, 6.45) is 5.95. The molecule has 1 aromatic heterocycles. The number of carbonyl (C=O) groups excluding carboxylic acids is 1. The molecule has 2 atom stereocenters. The van der Waals surface area contributed by atoms with Crippen molar-refractivity contribution in [2.45, 2.75) is 51.6 Å². The molecule has 5 nitrogen and oxygen atoms in total. The third-order valence-electron chi connectivity index (χ3n) is 4.12. The molecule has 1 amide bonds. The average molecular weight is 279 g/mol. The molecule has 20 heavy (non-hydrogen) atoms. The highest BCUT2D eigenvalue weighted by molar-refractivity contribution is 5.94. The van der Waals surface area contributed by atoms with Crippen molar-refractivity contribution in [3.63, 3.8) is 0 Å². The van der Waals surface area contributed by atoms with Gasteiger partial charge in [0.25, 0.3) is 5.91 Å². The summed E-state index contributed by atoms with van der Waals surface area (Å²) in [5.41, 5.74) is 7.00. The SMILES string of the molecule is CC(C)n1cc(N)cc1C(=O)NC1CCCCC1CO. The van der Waals surface area contributed by atoms with Gasteiger partial charge in [-0.1, -0.05) is 12.8 Å². The van der Waals surface area contributed by atoms with Crippen LogP contribution in [0, 0.1) is 5.92 Å². The molecule has 1 saturated carbocycles. The summed E-state index contributed by atoms with van der Waals surface area (Å²) in [6.45, 7) is 4.18.